The topological polar surface area (TPSA) is 53.0 Å². The minimum atomic E-state index is -2.23. The first-order chi connectivity index (χ1) is 7.24. The summed E-state index contributed by atoms with van der Waals surface area (Å²) in [4.78, 5) is 5.13. The molecule has 1 aromatic carbocycles. The maximum absolute atomic E-state index is 11.0. The summed E-state index contributed by atoms with van der Waals surface area (Å²) in [5.41, 5.74) is 0.816. The van der Waals surface area contributed by atoms with Crippen LogP contribution in [0.3, 0.4) is 0 Å². The zero-order chi connectivity index (χ0) is 10.8. The molecule has 0 aliphatic heterocycles. The molecule has 1 unspecified atom stereocenters. The van der Waals surface area contributed by atoms with E-state index in [-0.39, 0.29) is 34.5 Å². The monoisotopic (exact) mass is 261 g/mol. The number of pyridine rings is 1. The third kappa shape index (κ3) is 2.67. The number of fused-ring (bicyclic) bond motifs is 1. The summed E-state index contributed by atoms with van der Waals surface area (Å²) in [5, 5.41) is 0.881. The molecule has 0 aliphatic rings. The van der Waals surface area contributed by atoms with E-state index in [1.165, 1.54) is 18.0 Å². The van der Waals surface area contributed by atoms with E-state index >= 15 is 0 Å². The molecule has 0 N–H and O–H groups in total. The van der Waals surface area contributed by atoms with Gasteiger partial charge in [0.2, 0.25) is 0 Å². The summed E-state index contributed by atoms with van der Waals surface area (Å²) in [7, 11) is 0. The number of nitrogens with zero attached hydrogens (tertiary/aromatic N) is 1. The quantitative estimate of drug-likeness (QED) is 0.403. The molecule has 78 valence electrons. The Morgan fingerprint density at radius 1 is 1.38 bits per heavy atom. The molecule has 0 radical (unpaired) electrons. The van der Waals surface area contributed by atoms with E-state index in [9.17, 15) is 8.76 Å². The first kappa shape index (κ1) is 14.2. The molecular formula is C10H8NNaO2S2. The predicted molar refractivity (Wildman–Crippen MR) is 60.7 cm³/mol. The Morgan fingerprint density at radius 2 is 2.06 bits per heavy atom. The fraction of sp³-hybridized carbons (Fsp3) is 0.100. The van der Waals surface area contributed by atoms with Crippen LogP contribution in [-0.4, -0.2) is 20.0 Å². The molecule has 0 saturated carbocycles. The number of hydrogen-bond acceptors (Lipinski definition) is 4. The van der Waals surface area contributed by atoms with Gasteiger partial charge in [-0.3, -0.25) is 9.19 Å². The molecule has 1 aromatic heterocycles. The van der Waals surface area contributed by atoms with Crippen molar-refractivity contribution in [1.29, 1.82) is 0 Å². The molecule has 0 amide bonds. The second-order valence-electron chi connectivity index (χ2n) is 2.91. The molecule has 0 bridgehead atoms. The number of thioether (sulfide) groups is 1. The van der Waals surface area contributed by atoms with Crippen LogP contribution >= 0.6 is 11.8 Å². The van der Waals surface area contributed by atoms with Crippen LogP contribution in [0.4, 0.5) is 0 Å². The van der Waals surface area contributed by atoms with Crippen molar-refractivity contribution in [1.82, 2.24) is 4.98 Å². The van der Waals surface area contributed by atoms with Crippen LogP contribution in [0, 0.1) is 0 Å². The summed E-state index contributed by atoms with van der Waals surface area (Å²) in [6, 6.07) is 7.51. The molecule has 0 fully saturated rings. The second kappa shape index (κ2) is 6.14. The van der Waals surface area contributed by atoms with E-state index in [2.05, 4.69) is 4.98 Å². The maximum Gasteiger partial charge on any atom is 1.00 e. The summed E-state index contributed by atoms with van der Waals surface area (Å²) >= 11 is -0.810. The standard InChI is InChI=1S/C10H9NO2S2.Na/c1-14-10-7-4-2-3-5-8(7)11-6-9(10)15(12)13;/h2-6H,1H3,(H,12,13);/q;+1/p-1. The Bertz CT molecular complexity index is 533. The Kier molecular flexibility index (Phi) is 5.43. The SMILES string of the molecule is CSc1c(S(=O)[O-])cnc2ccccc12.[Na+]. The van der Waals surface area contributed by atoms with Gasteiger partial charge in [0.1, 0.15) is 0 Å². The zero-order valence-corrected chi connectivity index (χ0v) is 12.6. The molecule has 2 rings (SSSR count). The minimum Gasteiger partial charge on any atom is -0.768 e. The number of aromatic nitrogens is 1. The predicted octanol–water partition coefficient (Wildman–Crippen LogP) is -0.801. The molecule has 0 saturated heterocycles. The van der Waals surface area contributed by atoms with Crippen molar-refractivity contribution in [2.24, 2.45) is 0 Å². The maximum atomic E-state index is 11.0. The largest absolute Gasteiger partial charge is 1.00 e. The first-order valence-corrected chi connectivity index (χ1v) is 6.55. The molecule has 16 heavy (non-hydrogen) atoms. The minimum absolute atomic E-state index is 0. The molecule has 0 aliphatic carbocycles. The van der Waals surface area contributed by atoms with E-state index in [1.54, 1.807) is 0 Å². The average molecular weight is 261 g/mol. The fourth-order valence-corrected chi connectivity index (χ4v) is 2.93. The van der Waals surface area contributed by atoms with E-state index in [1.807, 2.05) is 30.5 Å². The molecule has 1 heterocycles. The zero-order valence-electron chi connectivity index (χ0n) is 8.97. The van der Waals surface area contributed by atoms with Gasteiger partial charge in [-0.2, -0.15) is 0 Å². The molecule has 0 spiro atoms. The average Bonchev–Trinajstić information content (AvgIpc) is 2.27. The number of benzene rings is 1. The number of hydrogen-bond donors (Lipinski definition) is 0. The van der Waals surface area contributed by atoms with E-state index in [4.69, 9.17) is 0 Å². The van der Waals surface area contributed by atoms with Crippen molar-refractivity contribution in [3.05, 3.63) is 30.5 Å². The second-order valence-corrected chi connectivity index (χ2v) is 4.63. The van der Waals surface area contributed by atoms with Crippen LogP contribution in [-0.2, 0) is 11.1 Å². The van der Waals surface area contributed by atoms with Gasteiger partial charge in [-0.15, -0.1) is 11.8 Å². The third-order valence-electron chi connectivity index (χ3n) is 2.08. The van der Waals surface area contributed by atoms with Crippen molar-refractivity contribution in [3.8, 4) is 0 Å². The molecule has 3 nitrogen and oxygen atoms in total. The van der Waals surface area contributed by atoms with Crippen molar-refractivity contribution in [2.75, 3.05) is 6.26 Å². The van der Waals surface area contributed by atoms with Gasteiger partial charge in [0.25, 0.3) is 0 Å². The summed E-state index contributed by atoms with van der Waals surface area (Å²) in [6.07, 6.45) is 3.26. The van der Waals surface area contributed by atoms with Gasteiger partial charge < -0.3 is 4.55 Å². The molecule has 6 heteroatoms. The summed E-state index contributed by atoms with van der Waals surface area (Å²) < 4.78 is 21.9. The first-order valence-electron chi connectivity index (χ1n) is 4.25. The molecule has 2 aromatic rings. The Morgan fingerprint density at radius 3 is 2.69 bits per heavy atom. The van der Waals surface area contributed by atoms with Crippen LogP contribution in [0.1, 0.15) is 0 Å². The van der Waals surface area contributed by atoms with E-state index in [0.29, 0.717) is 0 Å². The van der Waals surface area contributed by atoms with Gasteiger partial charge in [0, 0.05) is 16.5 Å². The smallest absolute Gasteiger partial charge is 0.768 e. The van der Waals surface area contributed by atoms with Crippen LogP contribution < -0.4 is 29.6 Å². The fourth-order valence-electron chi connectivity index (χ4n) is 1.43. The third-order valence-corrected chi connectivity index (χ3v) is 3.72. The van der Waals surface area contributed by atoms with E-state index in [0.717, 1.165) is 15.8 Å². The Labute approximate surface area is 123 Å². The number of para-hydroxylation sites is 1. The normalized spacial score (nSPS) is 12.1. The number of rotatable bonds is 2. The van der Waals surface area contributed by atoms with E-state index < -0.39 is 11.1 Å². The van der Waals surface area contributed by atoms with Crippen molar-refractivity contribution < 1.29 is 38.3 Å². The van der Waals surface area contributed by atoms with Gasteiger partial charge in [-0.05, 0) is 23.4 Å². The van der Waals surface area contributed by atoms with Crippen LogP contribution in [0.5, 0.6) is 0 Å². The van der Waals surface area contributed by atoms with Crippen molar-refractivity contribution in [2.45, 2.75) is 9.79 Å². The van der Waals surface area contributed by atoms with Crippen LogP contribution in [0.25, 0.3) is 10.9 Å². The van der Waals surface area contributed by atoms with Crippen LogP contribution in [0.2, 0.25) is 0 Å². The Hall–Kier alpha value is 0.0900. The van der Waals surface area contributed by atoms with Crippen LogP contribution in [0.15, 0.2) is 40.3 Å². The van der Waals surface area contributed by atoms with Gasteiger partial charge >= 0.3 is 29.6 Å². The summed E-state index contributed by atoms with van der Waals surface area (Å²) in [5.74, 6) is 0. The van der Waals surface area contributed by atoms with Gasteiger partial charge in [-0.25, -0.2) is 0 Å². The summed E-state index contributed by atoms with van der Waals surface area (Å²) in [6.45, 7) is 0. The van der Waals surface area contributed by atoms with Crippen molar-refractivity contribution in [3.63, 3.8) is 0 Å². The van der Waals surface area contributed by atoms with Gasteiger partial charge in [-0.1, -0.05) is 18.2 Å². The molecule has 1 atom stereocenters. The van der Waals surface area contributed by atoms with Crippen molar-refractivity contribution >= 4 is 33.7 Å². The van der Waals surface area contributed by atoms with Gasteiger partial charge in [0.15, 0.2) is 0 Å². The molecular weight excluding hydrogens is 253 g/mol. The van der Waals surface area contributed by atoms with Gasteiger partial charge in [0.05, 0.1) is 10.4 Å². The Balaban J connectivity index is 0.00000128.